The molecule has 0 saturated heterocycles. The van der Waals surface area contributed by atoms with Crippen molar-refractivity contribution in [3.05, 3.63) is 194 Å². The lowest BCUT2D eigenvalue weighted by molar-refractivity contribution is -0.264. The fraction of sp³-hybridized carbons (Fsp3) is 0.592. The molecule has 0 aromatic rings. The predicted octanol–water partition coefficient (Wildman–Crippen LogP) is 26.8. The van der Waals surface area contributed by atoms with Crippen LogP contribution >= 0.6 is 0 Å². The van der Waals surface area contributed by atoms with E-state index in [-0.39, 0.29) is 57.8 Å². The first-order chi connectivity index (χ1) is 56.4. The second-order valence-electron chi connectivity index (χ2n) is 26.9. The van der Waals surface area contributed by atoms with E-state index in [1.54, 1.807) is 30.4 Å². The number of aliphatic hydroxyl groups is 2. The van der Waals surface area contributed by atoms with E-state index in [0.717, 1.165) is 102 Å². The normalized spacial score (nSPS) is 11.8. The molecule has 0 heterocycles. The van der Waals surface area contributed by atoms with E-state index >= 15 is 0 Å². The average molecular weight is 1630 g/mol. The zero-order chi connectivity index (χ0) is 87.9. The summed E-state index contributed by atoms with van der Waals surface area (Å²) in [5.41, 5.74) is 0. The maximum atomic E-state index is 10.3. The average Bonchev–Trinajstić information content (AvgIpc) is 1.06. The molecule has 0 amide bonds. The van der Waals surface area contributed by atoms with Gasteiger partial charge in [0.05, 0.1) is 19.4 Å². The Balaban J connectivity index is -0.000000196. The summed E-state index contributed by atoms with van der Waals surface area (Å²) in [6.07, 6.45) is 111. The van der Waals surface area contributed by atoms with Gasteiger partial charge in [0.2, 0.25) is 0 Å². The van der Waals surface area contributed by atoms with Crippen LogP contribution in [0.4, 0.5) is 0 Å². The van der Waals surface area contributed by atoms with Crippen molar-refractivity contribution in [1.82, 2.24) is 0 Å². The van der Waals surface area contributed by atoms with E-state index in [1.165, 1.54) is 141 Å². The zero-order valence-corrected chi connectivity index (χ0v) is 73.0. The van der Waals surface area contributed by atoms with Crippen molar-refractivity contribution in [3.63, 3.8) is 0 Å². The minimum atomic E-state index is -0.836. The maximum Gasteiger partial charge on any atom is 0.307 e. The molecule has 0 bridgehead atoms. The molecule has 9 N–H and O–H groups in total. The van der Waals surface area contributed by atoms with Gasteiger partial charge in [-0.1, -0.05) is 320 Å². The molecule has 0 saturated carbocycles. The third kappa shape index (κ3) is 158. The van der Waals surface area contributed by atoms with E-state index < -0.39 is 35.8 Å². The number of carboxylic acid groups (broad SMARTS) is 6. The number of hydrogen-bond donors (Lipinski definition) is 9. The Hall–Kier alpha value is -8.16. The number of aldehydes is 2. The minimum absolute atomic E-state index is 0.0485. The number of carbonyl (C=O) groups excluding carboxylic acids is 2. The summed E-state index contributed by atoms with van der Waals surface area (Å²) >= 11 is 0. The summed E-state index contributed by atoms with van der Waals surface area (Å²) in [6.45, 7) is 13.7. The first-order valence-corrected chi connectivity index (χ1v) is 43.5. The van der Waals surface area contributed by atoms with Gasteiger partial charge in [-0.2, -0.15) is 0 Å². The Morgan fingerprint density at radius 1 is 0.267 bits per heavy atom. The molecular formula is C98H164O18. The summed E-state index contributed by atoms with van der Waals surface area (Å²) < 4.78 is 0. The molecule has 0 fully saturated rings. The minimum Gasteiger partial charge on any atom is -0.481 e. The van der Waals surface area contributed by atoms with Crippen molar-refractivity contribution in [3.8, 4) is 0 Å². The van der Waals surface area contributed by atoms with E-state index in [2.05, 4.69) is 125 Å². The number of hydrogen-bond acceptors (Lipinski definition) is 12. The summed E-state index contributed by atoms with van der Waals surface area (Å²) in [5.74, 6) is -4.68. The van der Waals surface area contributed by atoms with E-state index in [1.807, 2.05) is 85.1 Å². The van der Waals surface area contributed by atoms with Gasteiger partial charge in [0.1, 0.15) is 18.7 Å². The fourth-order valence-corrected chi connectivity index (χ4v) is 9.17. The van der Waals surface area contributed by atoms with Gasteiger partial charge in [0, 0.05) is 38.7 Å². The molecule has 0 aromatic carbocycles. The van der Waals surface area contributed by atoms with Crippen LogP contribution < -0.4 is 0 Å². The van der Waals surface area contributed by atoms with Crippen LogP contribution in [0.25, 0.3) is 0 Å². The van der Waals surface area contributed by atoms with Gasteiger partial charge < -0.3 is 45.6 Å². The zero-order valence-electron chi connectivity index (χ0n) is 73.0. The number of allylic oxidation sites excluding steroid dienone is 26. The molecule has 18 heteroatoms. The van der Waals surface area contributed by atoms with Crippen LogP contribution in [0.2, 0.25) is 0 Å². The first-order valence-electron chi connectivity index (χ1n) is 43.5. The Bertz CT molecular complexity index is 2570. The van der Waals surface area contributed by atoms with Crippen LogP contribution in [0.15, 0.2) is 194 Å². The van der Waals surface area contributed by atoms with Gasteiger partial charge >= 0.3 is 35.8 Å². The van der Waals surface area contributed by atoms with Gasteiger partial charge in [-0.3, -0.25) is 38.8 Å². The van der Waals surface area contributed by atoms with Gasteiger partial charge in [-0.25, -0.2) is 4.89 Å². The predicted molar refractivity (Wildman–Crippen MR) is 486 cm³/mol. The third-order valence-corrected chi connectivity index (χ3v) is 15.7. The number of rotatable bonds is 69. The van der Waals surface area contributed by atoms with Crippen molar-refractivity contribution >= 4 is 48.4 Å². The Morgan fingerprint density at radius 3 is 0.819 bits per heavy atom. The molecule has 0 aliphatic carbocycles. The molecule has 1 atom stereocenters. The maximum absolute atomic E-state index is 10.3. The fourth-order valence-electron chi connectivity index (χ4n) is 9.17. The third-order valence-electron chi connectivity index (χ3n) is 15.7. The van der Waals surface area contributed by atoms with Crippen LogP contribution in [-0.2, 0) is 43.2 Å². The van der Waals surface area contributed by atoms with Crippen LogP contribution in [0.3, 0.4) is 0 Å². The lowest BCUT2D eigenvalue weighted by atomic mass is 10.1. The Labute approximate surface area is 704 Å². The van der Waals surface area contributed by atoms with Crippen LogP contribution in [0.5, 0.6) is 0 Å². The SMILES string of the molecule is CCCCC/C=C\C/C=C\C/C=C\C/C=C\CCCC(=O)O.CCCCC/C=C\C=C\[C@@H](C/C=C\C/C=C\CCCC(=O)O)OO.CCCCC/C=C\CC=O.CCCCC/C=C\CCO.CCCCCC/C=C/C=O.CCCCCC/C=C/CO.O=C(O)C/C=C\C/C=C\CCCC(=O)O.O=C(O)C/C=C\C/C=C\CCCC(=O)O. The highest BCUT2D eigenvalue weighted by molar-refractivity contribution is 5.69. The quantitative estimate of drug-likeness (QED) is 0.00519. The molecular weight excluding hydrogens is 1470 g/mol. The summed E-state index contributed by atoms with van der Waals surface area (Å²) in [7, 11) is 0. The van der Waals surface area contributed by atoms with Crippen molar-refractivity contribution in [2.24, 2.45) is 0 Å². The van der Waals surface area contributed by atoms with Crippen molar-refractivity contribution < 1.29 is 89.4 Å². The Morgan fingerprint density at radius 2 is 0.526 bits per heavy atom. The lowest BCUT2D eigenvalue weighted by Crippen LogP contribution is -2.04. The van der Waals surface area contributed by atoms with Crippen LogP contribution in [-0.4, -0.2) is 114 Å². The number of carboxylic acids is 6. The van der Waals surface area contributed by atoms with Crippen molar-refractivity contribution in [2.75, 3.05) is 13.2 Å². The topological polar surface area (TPSA) is 328 Å². The highest BCUT2D eigenvalue weighted by atomic mass is 17.1. The highest BCUT2D eigenvalue weighted by Gasteiger charge is 2.01. The smallest absolute Gasteiger partial charge is 0.307 e. The van der Waals surface area contributed by atoms with Crippen molar-refractivity contribution in [2.45, 2.75) is 362 Å². The molecule has 0 aliphatic rings. The monoisotopic (exact) mass is 1630 g/mol. The van der Waals surface area contributed by atoms with Gasteiger partial charge in [-0.05, 0) is 186 Å². The number of unbranched alkanes of at least 4 members (excludes halogenated alkanes) is 24. The standard InChI is InChI=1S/C20H32O4.C20H32O2.2C11H16O4.2C9H18O.2C9H16O/c1-2-3-4-5-7-10-13-16-19(24-23)17-14-11-8-6-9-12-15-18-20(21)22;1-2-3-4-5-6-7-8-9-10-11-12-13-14-15-16-17-18-19-20(21)22;2*12-10(13)8-6-4-2-1-3-5-7-9-11(14)15;4*1-2-3-4-5-6-7-8-9-10/h6-7,9-11,13-14,16,19,23H,2-5,8,12,15,17-18H2,1H3,(H,21,22);6-7,9-10,12-13,15-16H,2-5,8,11,14,17-19H2,1H3,(H,21,22);2*1-2,5,7H,3-4,6,8-9H2,(H,12,13)(H,14,15);7-8,10H,2-6,9H2,1H3;6-7,10H,2-5,8-9H2,1H3;7-9H,2-6H2,1H3;6-7,9H,2-5,8H2,1H3/b9-6-,10-7-,14-11-,16-13+;7-6-,10-9-,13-12-,16-15-;2*2-1-,7-5-;8-7+;7-6-;8-7+;7-6-/t19-;;;;;;;/m0......./s1. The molecule has 18 nitrogen and oxygen atoms in total. The largest absolute Gasteiger partial charge is 0.481 e. The van der Waals surface area contributed by atoms with Crippen LogP contribution in [0, 0.1) is 0 Å². The molecule has 0 aromatic heterocycles. The summed E-state index contributed by atoms with van der Waals surface area (Å²) in [6, 6.07) is 0. The van der Waals surface area contributed by atoms with Gasteiger partial charge in [0.25, 0.3) is 0 Å². The number of carbonyl (C=O) groups is 8. The van der Waals surface area contributed by atoms with E-state index in [4.69, 9.17) is 46.1 Å². The molecule has 0 rings (SSSR count). The lowest BCUT2D eigenvalue weighted by Gasteiger charge is -2.03. The number of aliphatic hydroxyl groups excluding tert-OH is 2. The molecule has 0 aliphatic heterocycles. The molecule has 0 spiro atoms. The molecule has 116 heavy (non-hydrogen) atoms. The second kappa shape index (κ2) is 123. The molecule has 0 radical (unpaired) electrons. The van der Waals surface area contributed by atoms with Gasteiger partial charge in [-0.15, -0.1) is 0 Å². The highest BCUT2D eigenvalue weighted by Crippen LogP contribution is 2.09. The molecule has 0 unspecified atom stereocenters. The van der Waals surface area contributed by atoms with Gasteiger partial charge in [0.15, 0.2) is 0 Å². The molecule has 664 valence electrons. The number of aliphatic carboxylic acids is 6. The summed E-state index contributed by atoms with van der Waals surface area (Å²) in [4.78, 5) is 85.3. The van der Waals surface area contributed by atoms with Crippen molar-refractivity contribution in [1.29, 1.82) is 0 Å². The Kier molecular flexibility index (Phi) is 130. The second-order valence-corrected chi connectivity index (χ2v) is 26.9. The van der Waals surface area contributed by atoms with E-state index in [9.17, 15) is 38.4 Å². The van der Waals surface area contributed by atoms with Crippen LogP contribution in [0.1, 0.15) is 356 Å². The first kappa shape index (κ1) is 123. The van der Waals surface area contributed by atoms with E-state index in [0.29, 0.717) is 44.9 Å². The summed E-state index contributed by atoms with van der Waals surface area (Å²) in [5, 5.41) is 76.0.